The first kappa shape index (κ1) is 12.8. The lowest BCUT2D eigenvalue weighted by Crippen LogP contribution is -2.46. The van der Waals surface area contributed by atoms with E-state index in [0.29, 0.717) is 25.7 Å². The molecule has 0 saturated carbocycles. The van der Waals surface area contributed by atoms with Crippen LogP contribution in [0, 0.1) is 16.9 Å². The Kier molecular flexibility index (Phi) is 4.56. The summed E-state index contributed by atoms with van der Waals surface area (Å²) in [5.41, 5.74) is 0.134. The molecule has 16 heavy (non-hydrogen) atoms. The summed E-state index contributed by atoms with van der Waals surface area (Å²) in [5.74, 6) is 0.667. The summed E-state index contributed by atoms with van der Waals surface area (Å²) in [6.07, 6.45) is 1.94. The molecule has 0 spiro atoms. The molecule has 0 atom stereocenters. The van der Waals surface area contributed by atoms with Crippen LogP contribution < -0.4 is 5.32 Å². The van der Waals surface area contributed by atoms with Gasteiger partial charge in [0.25, 0.3) is 0 Å². The summed E-state index contributed by atoms with van der Waals surface area (Å²) in [5, 5.41) is 11.3. The molecule has 1 heterocycles. The van der Waals surface area contributed by atoms with Crippen molar-refractivity contribution in [1.82, 2.24) is 10.2 Å². The van der Waals surface area contributed by atoms with Crippen molar-refractivity contribution in [3.63, 3.8) is 0 Å². The molecule has 5 heteroatoms. The molecule has 0 aliphatic carbocycles. The number of hydrogen-bond acceptors (Lipinski definition) is 3. The van der Waals surface area contributed by atoms with Gasteiger partial charge in [0.05, 0.1) is 13.2 Å². The zero-order chi connectivity index (χ0) is 12.0. The van der Waals surface area contributed by atoms with Gasteiger partial charge in [-0.3, -0.25) is 10.3 Å². The van der Waals surface area contributed by atoms with Gasteiger partial charge < -0.3 is 9.64 Å². The van der Waals surface area contributed by atoms with E-state index in [1.165, 1.54) is 0 Å². The van der Waals surface area contributed by atoms with Crippen LogP contribution in [0.1, 0.15) is 20.8 Å². The number of guanidine groups is 1. The fraction of sp³-hybridized carbons (Fsp3) is 0.818. The lowest BCUT2D eigenvalue weighted by Gasteiger charge is -2.29. The normalized spacial score (nSPS) is 18.1. The first-order chi connectivity index (χ1) is 7.53. The minimum atomic E-state index is 0.134. The van der Waals surface area contributed by atoms with Crippen molar-refractivity contribution in [2.75, 3.05) is 32.8 Å². The van der Waals surface area contributed by atoms with E-state index in [-0.39, 0.29) is 5.41 Å². The molecule has 1 aliphatic heterocycles. The van der Waals surface area contributed by atoms with E-state index in [2.05, 4.69) is 36.0 Å². The highest BCUT2D eigenvalue weighted by Crippen LogP contribution is 2.13. The maximum atomic E-state index is 8.70. The summed E-state index contributed by atoms with van der Waals surface area (Å²) in [4.78, 5) is 6.52. The van der Waals surface area contributed by atoms with Gasteiger partial charge in [-0.1, -0.05) is 20.8 Å². The van der Waals surface area contributed by atoms with Crippen LogP contribution in [0.2, 0.25) is 0 Å². The van der Waals surface area contributed by atoms with Crippen molar-refractivity contribution in [2.24, 2.45) is 10.4 Å². The Balaban J connectivity index is 2.62. The van der Waals surface area contributed by atoms with Gasteiger partial charge in [0.15, 0.2) is 6.19 Å². The number of nitrogens with one attached hydrogen (secondary N) is 1. The smallest absolute Gasteiger partial charge is 0.207 e. The Bertz CT molecular complexity index is 281. The largest absolute Gasteiger partial charge is 0.378 e. The lowest BCUT2D eigenvalue weighted by atomic mass is 9.97. The molecule has 1 N–H and O–H groups in total. The van der Waals surface area contributed by atoms with Gasteiger partial charge in [-0.25, -0.2) is 0 Å². The molecule has 1 fully saturated rings. The third-order valence-corrected chi connectivity index (χ3v) is 2.18. The summed E-state index contributed by atoms with van der Waals surface area (Å²) in [6.45, 7) is 10.0. The first-order valence-electron chi connectivity index (χ1n) is 5.55. The lowest BCUT2D eigenvalue weighted by molar-refractivity contribution is 0.0667. The Morgan fingerprint density at radius 3 is 2.56 bits per heavy atom. The van der Waals surface area contributed by atoms with Crippen molar-refractivity contribution < 1.29 is 4.74 Å². The highest BCUT2D eigenvalue weighted by Gasteiger charge is 2.16. The van der Waals surface area contributed by atoms with Crippen LogP contribution in [0.5, 0.6) is 0 Å². The van der Waals surface area contributed by atoms with Crippen LogP contribution in [0.25, 0.3) is 0 Å². The molecular formula is C11H20N4O. The molecular weight excluding hydrogens is 204 g/mol. The number of nitriles is 1. The predicted molar refractivity (Wildman–Crippen MR) is 62.9 cm³/mol. The Morgan fingerprint density at radius 2 is 2.06 bits per heavy atom. The monoisotopic (exact) mass is 224 g/mol. The standard InChI is InChI=1S/C11H20N4O/c1-11(2,3)8-13-10(14-9-12)15-4-6-16-7-5-15/h4-8H2,1-3H3,(H,13,14). The van der Waals surface area contributed by atoms with Crippen LogP contribution in [-0.4, -0.2) is 43.7 Å². The number of morpholine rings is 1. The van der Waals surface area contributed by atoms with Crippen LogP contribution >= 0.6 is 0 Å². The van der Waals surface area contributed by atoms with Gasteiger partial charge in [0, 0.05) is 19.6 Å². The highest BCUT2D eigenvalue weighted by atomic mass is 16.5. The van der Waals surface area contributed by atoms with Crippen LogP contribution in [0.3, 0.4) is 0 Å². The summed E-state index contributed by atoms with van der Waals surface area (Å²) in [6, 6.07) is 0. The third kappa shape index (κ3) is 4.49. The molecule has 0 aromatic rings. The van der Waals surface area contributed by atoms with E-state index < -0.39 is 0 Å². The van der Waals surface area contributed by atoms with Crippen LogP contribution in [-0.2, 0) is 4.74 Å². The van der Waals surface area contributed by atoms with E-state index in [1.807, 2.05) is 6.19 Å². The Labute approximate surface area is 97.1 Å². The number of hydrogen-bond donors (Lipinski definition) is 1. The highest BCUT2D eigenvalue weighted by molar-refractivity contribution is 5.81. The second-order valence-electron chi connectivity index (χ2n) is 5.04. The Hall–Kier alpha value is -1.28. The molecule has 1 aliphatic rings. The topological polar surface area (TPSA) is 60.7 Å². The average molecular weight is 224 g/mol. The Morgan fingerprint density at radius 1 is 1.44 bits per heavy atom. The minimum absolute atomic E-state index is 0.134. The fourth-order valence-electron chi connectivity index (χ4n) is 1.36. The minimum Gasteiger partial charge on any atom is -0.378 e. The maximum Gasteiger partial charge on any atom is 0.207 e. The molecule has 0 aromatic heterocycles. The summed E-state index contributed by atoms with van der Waals surface area (Å²) in [7, 11) is 0. The molecule has 0 bridgehead atoms. The molecule has 0 unspecified atom stereocenters. The predicted octanol–water partition coefficient (Wildman–Crippen LogP) is 0.791. The summed E-state index contributed by atoms with van der Waals surface area (Å²) >= 11 is 0. The van der Waals surface area contributed by atoms with Crippen molar-refractivity contribution in [3.8, 4) is 6.19 Å². The third-order valence-electron chi connectivity index (χ3n) is 2.18. The van der Waals surface area contributed by atoms with Crippen LogP contribution in [0.15, 0.2) is 4.99 Å². The van der Waals surface area contributed by atoms with E-state index in [4.69, 9.17) is 10.00 Å². The molecule has 1 rings (SSSR count). The number of rotatable bonds is 1. The van der Waals surface area contributed by atoms with Gasteiger partial charge in [0.1, 0.15) is 0 Å². The molecule has 5 nitrogen and oxygen atoms in total. The van der Waals surface area contributed by atoms with Crippen molar-refractivity contribution >= 4 is 5.96 Å². The van der Waals surface area contributed by atoms with E-state index in [9.17, 15) is 0 Å². The van der Waals surface area contributed by atoms with Gasteiger partial charge in [0.2, 0.25) is 5.96 Å². The molecule has 1 saturated heterocycles. The van der Waals surface area contributed by atoms with E-state index in [0.717, 1.165) is 13.1 Å². The quantitative estimate of drug-likeness (QED) is 0.310. The maximum absolute atomic E-state index is 8.70. The zero-order valence-corrected chi connectivity index (χ0v) is 10.3. The fourth-order valence-corrected chi connectivity index (χ4v) is 1.36. The number of nitrogens with zero attached hydrogens (tertiary/aromatic N) is 3. The molecule has 90 valence electrons. The van der Waals surface area contributed by atoms with Crippen molar-refractivity contribution in [1.29, 1.82) is 5.26 Å². The first-order valence-corrected chi connectivity index (χ1v) is 5.55. The number of ether oxygens (including phenoxy) is 1. The van der Waals surface area contributed by atoms with Crippen LogP contribution in [0.4, 0.5) is 0 Å². The van der Waals surface area contributed by atoms with Gasteiger partial charge >= 0.3 is 0 Å². The van der Waals surface area contributed by atoms with E-state index >= 15 is 0 Å². The summed E-state index contributed by atoms with van der Waals surface area (Å²) < 4.78 is 5.27. The molecule has 0 aromatic carbocycles. The average Bonchev–Trinajstić information content (AvgIpc) is 2.24. The van der Waals surface area contributed by atoms with Gasteiger partial charge in [-0.2, -0.15) is 5.26 Å². The van der Waals surface area contributed by atoms with Crippen molar-refractivity contribution in [3.05, 3.63) is 0 Å². The second kappa shape index (κ2) is 5.71. The van der Waals surface area contributed by atoms with E-state index in [1.54, 1.807) is 0 Å². The van der Waals surface area contributed by atoms with Gasteiger partial charge in [-0.05, 0) is 5.41 Å². The van der Waals surface area contributed by atoms with Crippen molar-refractivity contribution in [2.45, 2.75) is 20.8 Å². The molecule has 0 radical (unpaired) electrons. The number of aliphatic imine (C=N–C) groups is 1. The second-order valence-corrected chi connectivity index (χ2v) is 5.04. The zero-order valence-electron chi connectivity index (χ0n) is 10.3. The SMILES string of the molecule is CC(C)(C)CN=C(NC#N)N1CCOCC1. The van der Waals surface area contributed by atoms with Gasteiger partial charge in [-0.15, -0.1) is 0 Å². The molecule has 0 amide bonds.